The summed E-state index contributed by atoms with van der Waals surface area (Å²) in [6.07, 6.45) is 0.436. The molecule has 0 spiro atoms. The van der Waals surface area contributed by atoms with Gasteiger partial charge in [-0.05, 0) is 22.0 Å². The first-order chi connectivity index (χ1) is 7.15. The van der Waals surface area contributed by atoms with Crippen LogP contribution in [0.2, 0.25) is 5.02 Å². The Bertz CT molecular complexity index is 355. The van der Waals surface area contributed by atoms with E-state index >= 15 is 0 Å². The second-order valence-electron chi connectivity index (χ2n) is 2.86. The molecule has 0 amide bonds. The van der Waals surface area contributed by atoms with Crippen LogP contribution in [0.3, 0.4) is 0 Å². The molecule has 0 aliphatic heterocycles. The highest BCUT2D eigenvalue weighted by Gasteiger charge is 2.17. The molecule has 0 radical (unpaired) electrons. The van der Waals surface area contributed by atoms with Crippen molar-refractivity contribution in [1.29, 1.82) is 0 Å². The SMILES string of the molecule is COc1c(Br)cc(Cl)c(CCO)c1OC. The van der Waals surface area contributed by atoms with Gasteiger partial charge in [-0.15, -0.1) is 0 Å². The van der Waals surface area contributed by atoms with Crippen molar-refractivity contribution >= 4 is 27.5 Å². The molecule has 0 saturated heterocycles. The molecule has 1 rings (SSSR count). The van der Waals surface area contributed by atoms with Gasteiger partial charge < -0.3 is 14.6 Å². The molecule has 15 heavy (non-hydrogen) atoms. The Labute approximate surface area is 102 Å². The fraction of sp³-hybridized carbons (Fsp3) is 0.400. The van der Waals surface area contributed by atoms with Crippen molar-refractivity contribution in [3.05, 3.63) is 21.1 Å². The van der Waals surface area contributed by atoms with Crippen molar-refractivity contribution in [3.8, 4) is 11.5 Å². The zero-order valence-corrected chi connectivity index (χ0v) is 10.9. The standard InChI is InChI=1S/C10H12BrClO3/c1-14-9-6(3-4-13)8(12)5-7(11)10(9)15-2/h5,13H,3-4H2,1-2H3. The van der Waals surface area contributed by atoms with E-state index in [-0.39, 0.29) is 6.61 Å². The van der Waals surface area contributed by atoms with Crippen LogP contribution in [-0.2, 0) is 6.42 Å². The first kappa shape index (κ1) is 12.6. The van der Waals surface area contributed by atoms with Crippen molar-refractivity contribution < 1.29 is 14.6 Å². The van der Waals surface area contributed by atoms with Gasteiger partial charge in [0.1, 0.15) is 0 Å². The van der Waals surface area contributed by atoms with Crippen LogP contribution in [0.5, 0.6) is 11.5 Å². The van der Waals surface area contributed by atoms with Crippen molar-refractivity contribution in [1.82, 2.24) is 0 Å². The number of rotatable bonds is 4. The topological polar surface area (TPSA) is 38.7 Å². The van der Waals surface area contributed by atoms with E-state index in [0.29, 0.717) is 22.9 Å². The molecule has 0 heterocycles. The quantitative estimate of drug-likeness (QED) is 0.928. The molecule has 0 unspecified atom stereocenters. The maximum atomic E-state index is 8.93. The minimum absolute atomic E-state index is 0.0147. The van der Waals surface area contributed by atoms with E-state index in [1.807, 2.05) is 0 Å². The summed E-state index contributed by atoms with van der Waals surface area (Å²) in [6.45, 7) is 0.0147. The van der Waals surface area contributed by atoms with Crippen LogP contribution < -0.4 is 9.47 Å². The molecule has 84 valence electrons. The third kappa shape index (κ3) is 2.56. The highest BCUT2D eigenvalue weighted by molar-refractivity contribution is 9.10. The Balaban J connectivity index is 3.35. The van der Waals surface area contributed by atoms with E-state index in [1.54, 1.807) is 20.3 Å². The van der Waals surface area contributed by atoms with E-state index in [0.717, 1.165) is 10.0 Å². The van der Waals surface area contributed by atoms with Crippen molar-refractivity contribution in [2.75, 3.05) is 20.8 Å². The number of benzene rings is 1. The first-order valence-corrected chi connectivity index (χ1v) is 5.52. The maximum Gasteiger partial charge on any atom is 0.175 e. The van der Waals surface area contributed by atoms with E-state index in [4.69, 9.17) is 26.2 Å². The number of hydrogen-bond donors (Lipinski definition) is 1. The second kappa shape index (κ2) is 5.58. The lowest BCUT2D eigenvalue weighted by atomic mass is 10.1. The summed E-state index contributed by atoms with van der Waals surface area (Å²) < 4.78 is 11.2. The summed E-state index contributed by atoms with van der Waals surface area (Å²) in [5.41, 5.74) is 0.752. The molecule has 3 nitrogen and oxygen atoms in total. The van der Waals surface area contributed by atoms with Crippen LogP contribution in [0.15, 0.2) is 10.5 Å². The zero-order chi connectivity index (χ0) is 11.4. The summed E-state index contributed by atoms with van der Waals surface area (Å²) in [4.78, 5) is 0. The van der Waals surface area contributed by atoms with Crippen LogP contribution >= 0.6 is 27.5 Å². The van der Waals surface area contributed by atoms with E-state index < -0.39 is 0 Å². The minimum atomic E-state index is 0.0147. The molecule has 0 aromatic heterocycles. The molecule has 0 bridgehead atoms. The molecule has 1 N–H and O–H groups in total. The van der Waals surface area contributed by atoms with Crippen molar-refractivity contribution in [3.63, 3.8) is 0 Å². The number of ether oxygens (including phenoxy) is 2. The Kier molecular flexibility index (Phi) is 4.70. The van der Waals surface area contributed by atoms with Gasteiger partial charge >= 0.3 is 0 Å². The Hall–Kier alpha value is -0.450. The van der Waals surface area contributed by atoms with Gasteiger partial charge in [-0.25, -0.2) is 0 Å². The number of halogens is 2. The average Bonchev–Trinajstić information content (AvgIpc) is 2.21. The number of aliphatic hydroxyl groups excluding tert-OH is 1. The highest BCUT2D eigenvalue weighted by Crippen LogP contribution is 2.42. The lowest BCUT2D eigenvalue weighted by molar-refractivity contribution is 0.294. The van der Waals surface area contributed by atoms with Crippen LogP contribution in [0, 0.1) is 0 Å². The van der Waals surface area contributed by atoms with E-state index in [1.165, 1.54) is 0 Å². The zero-order valence-electron chi connectivity index (χ0n) is 8.51. The van der Waals surface area contributed by atoms with Crippen LogP contribution in [0.25, 0.3) is 0 Å². The van der Waals surface area contributed by atoms with E-state index in [9.17, 15) is 0 Å². The van der Waals surface area contributed by atoms with Crippen LogP contribution in [0.4, 0.5) is 0 Å². The molecule has 0 aliphatic carbocycles. The molecule has 0 aliphatic rings. The number of hydrogen-bond acceptors (Lipinski definition) is 3. The predicted octanol–water partition coefficient (Wildman–Crippen LogP) is 2.65. The highest BCUT2D eigenvalue weighted by atomic mass is 79.9. The molecule has 0 saturated carbocycles. The van der Waals surface area contributed by atoms with Gasteiger partial charge in [0, 0.05) is 23.6 Å². The molecular formula is C10H12BrClO3. The number of methoxy groups -OCH3 is 2. The van der Waals surface area contributed by atoms with Gasteiger partial charge in [0.25, 0.3) is 0 Å². The molecule has 1 aromatic rings. The third-order valence-corrected chi connectivity index (χ3v) is 2.94. The van der Waals surface area contributed by atoms with Gasteiger partial charge in [-0.1, -0.05) is 11.6 Å². The number of aliphatic hydroxyl groups is 1. The summed E-state index contributed by atoms with van der Waals surface area (Å²) in [5.74, 6) is 1.15. The lowest BCUT2D eigenvalue weighted by Crippen LogP contribution is -2.00. The van der Waals surface area contributed by atoms with Gasteiger partial charge in [-0.2, -0.15) is 0 Å². The Morgan fingerprint density at radius 2 is 1.93 bits per heavy atom. The summed E-state index contributed by atoms with van der Waals surface area (Å²) in [7, 11) is 3.10. The lowest BCUT2D eigenvalue weighted by Gasteiger charge is -2.15. The Morgan fingerprint density at radius 1 is 1.33 bits per heavy atom. The van der Waals surface area contributed by atoms with E-state index in [2.05, 4.69) is 15.9 Å². The molecule has 0 atom stereocenters. The minimum Gasteiger partial charge on any atom is -0.492 e. The molecular weight excluding hydrogens is 283 g/mol. The van der Waals surface area contributed by atoms with Crippen LogP contribution in [-0.4, -0.2) is 25.9 Å². The molecule has 1 aromatic carbocycles. The third-order valence-electron chi connectivity index (χ3n) is 2.01. The second-order valence-corrected chi connectivity index (χ2v) is 4.12. The van der Waals surface area contributed by atoms with Gasteiger partial charge in [0.05, 0.1) is 18.7 Å². The summed E-state index contributed by atoms with van der Waals surface area (Å²) in [5, 5.41) is 9.48. The summed E-state index contributed by atoms with van der Waals surface area (Å²) >= 11 is 9.38. The normalized spacial score (nSPS) is 10.2. The average molecular weight is 296 g/mol. The smallest absolute Gasteiger partial charge is 0.175 e. The first-order valence-electron chi connectivity index (χ1n) is 4.35. The van der Waals surface area contributed by atoms with Crippen molar-refractivity contribution in [2.24, 2.45) is 0 Å². The molecule has 0 fully saturated rings. The molecule has 5 heteroatoms. The maximum absolute atomic E-state index is 8.93. The van der Waals surface area contributed by atoms with Gasteiger partial charge in [0.2, 0.25) is 0 Å². The van der Waals surface area contributed by atoms with Gasteiger partial charge in [0.15, 0.2) is 11.5 Å². The fourth-order valence-corrected chi connectivity index (χ4v) is 2.36. The van der Waals surface area contributed by atoms with Gasteiger partial charge in [-0.3, -0.25) is 0 Å². The predicted molar refractivity (Wildman–Crippen MR) is 63.0 cm³/mol. The fourth-order valence-electron chi connectivity index (χ4n) is 1.37. The largest absolute Gasteiger partial charge is 0.492 e. The summed E-state index contributed by atoms with van der Waals surface area (Å²) in [6, 6.07) is 1.73. The Morgan fingerprint density at radius 3 is 2.40 bits per heavy atom. The van der Waals surface area contributed by atoms with Crippen LogP contribution in [0.1, 0.15) is 5.56 Å². The van der Waals surface area contributed by atoms with Crippen molar-refractivity contribution in [2.45, 2.75) is 6.42 Å². The monoisotopic (exact) mass is 294 g/mol.